The number of rotatable bonds is 3. The number of halogens is 1. The lowest BCUT2D eigenvalue weighted by Gasteiger charge is -2.10. The van der Waals surface area contributed by atoms with Gasteiger partial charge in [-0.15, -0.1) is 0 Å². The van der Waals surface area contributed by atoms with Crippen molar-refractivity contribution in [3.05, 3.63) is 35.1 Å². The molecule has 0 fully saturated rings. The van der Waals surface area contributed by atoms with Gasteiger partial charge in [-0.3, -0.25) is 0 Å². The van der Waals surface area contributed by atoms with E-state index < -0.39 is 5.82 Å². The van der Waals surface area contributed by atoms with Gasteiger partial charge < -0.3 is 16.6 Å². The highest BCUT2D eigenvalue weighted by atomic mass is 19.1. The molecule has 1 aromatic carbocycles. The van der Waals surface area contributed by atoms with Crippen LogP contribution < -0.4 is 11.5 Å². The summed E-state index contributed by atoms with van der Waals surface area (Å²) in [5.41, 5.74) is 12.0. The Balaban J connectivity index is 2.99. The molecule has 72 valence electrons. The van der Waals surface area contributed by atoms with Gasteiger partial charge in [-0.25, -0.2) is 4.39 Å². The van der Waals surface area contributed by atoms with Crippen molar-refractivity contribution in [3.63, 3.8) is 0 Å². The SMILES string of the molecule is NC[C@@H](N)c1ccc(F)c(CO)c1. The molecule has 0 spiro atoms. The van der Waals surface area contributed by atoms with Crippen LogP contribution in [-0.2, 0) is 6.61 Å². The maximum absolute atomic E-state index is 12.9. The van der Waals surface area contributed by atoms with E-state index in [1.54, 1.807) is 6.07 Å². The Labute approximate surface area is 76.2 Å². The second-order valence-electron chi connectivity index (χ2n) is 2.85. The van der Waals surface area contributed by atoms with Crippen molar-refractivity contribution < 1.29 is 9.50 Å². The van der Waals surface area contributed by atoms with Gasteiger partial charge in [0, 0.05) is 18.2 Å². The van der Waals surface area contributed by atoms with E-state index in [0.717, 1.165) is 5.56 Å². The van der Waals surface area contributed by atoms with Crippen LogP contribution in [0.3, 0.4) is 0 Å². The molecule has 0 aliphatic rings. The smallest absolute Gasteiger partial charge is 0.128 e. The molecular formula is C9H13FN2O. The Morgan fingerprint density at radius 1 is 1.46 bits per heavy atom. The molecule has 0 amide bonds. The lowest BCUT2D eigenvalue weighted by molar-refractivity contribution is 0.275. The molecule has 0 heterocycles. The van der Waals surface area contributed by atoms with E-state index >= 15 is 0 Å². The summed E-state index contributed by atoms with van der Waals surface area (Å²) in [6.45, 7) is -0.0204. The predicted octanol–water partition coefficient (Wildman–Crippen LogP) is 0.276. The van der Waals surface area contributed by atoms with Gasteiger partial charge >= 0.3 is 0 Å². The molecule has 1 rings (SSSR count). The summed E-state index contributed by atoms with van der Waals surface area (Å²) in [5.74, 6) is -0.421. The molecule has 3 nitrogen and oxygen atoms in total. The van der Waals surface area contributed by atoms with Crippen LogP contribution in [0.1, 0.15) is 17.2 Å². The van der Waals surface area contributed by atoms with Gasteiger partial charge in [0.15, 0.2) is 0 Å². The normalized spacial score (nSPS) is 12.9. The number of benzene rings is 1. The van der Waals surface area contributed by atoms with Crippen molar-refractivity contribution >= 4 is 0 Å². The standard InChI is InChI=1S/C9H13FN2O/c10-8-2-1-6(9(12)4-11)3-7(8)5-13/h1-3,9,13H,4-5,11-12H2/t9-/m1/s1. The molecule has 1 atom stereocenters. The predicted molar refractivity (Wildman–Crippen MR) is 48.3 cm³/mol. The fourth-order valence-corrected chi connectivity index (χ4v) is 1.08. The zero-order valence-corrected chi connectivity index (χ0v) is 7.20. The summed E-state index contributed by atoms with van der Waals surface area (Å²) in [4.78, 5) is 0. The van der Waals surface area contributed by atoms with E-state index in [4.69, 9.17) is 16.6 Å². The zero-order chi connectivity index (χ0) is 9.84. The molecule has 0 aromatic heterocycles. The van der Waals surface area contributed by atoms with Gasteiger partial charge in [0.2, 0.25) is 0 Å². The monoisotopic (exact) mass is 184 g/mol. The number of aliphatic hydroxyl groups is 1. The lowest BCUT2D eigenvalue weighted by Crippen LogP contribution is -2.20. The molecule has 0 bridgehead atoms. The summed E-state index contributed by atoms with van der Waals surface area (Å²) in [7, 11) is 0. The first kappa shape index (κ1) is 10.1. The number of nitrogens with two attached hydrogens (primary N) is 2. The minimum atomic E-state index is -0.421. The van der Waals surface area contributed by atoms with Gasteiger partial charge in [0.05, 0.1) is 6.61 Å². The van der Waals surface area contributed by atoms with Crippen LogP contribution in [0.15, 0.2) is 18.2 Å². The minimum Gasteiger partial charge on any atom is -0.392 e. The average molecular weight is 184 g/mol. The first-order chi connectivity index (χ1) is 6.19. The summed E-state index contributed by atoms with van der Waals surface area (Å²) in [6, 6.07) is 4.10. The molecule has 0 radical (unpaired) electrons. The average Bonchev–Trinajstić information content (AvgIpc) is 2.17. The maximum Gasteiger partial charge on any atom is 0.128 e. The van der Waals surface area contributed by atoms with Crippen molar-refractivity contribution in [1.29, 1.82) is 0 Å². The highest BCUT2D eigenvalue weighted by Crippen LogP contribution is 2.14. The number of hydrogen-bond acceptors (Lipinski definition) is 3. The quantitative estimate of drug-likeness (QED) is 0.631. The van der Waals surface area contributed by atoms with Gasteiger partial charge in [0.1, 0.15) is 5.82 Å². The van der Waals surface area contributed by atoms with E-state index in [1.165, 1.54) is 12.1 Å². The van der Waals surface area contributed by atoms with Crippen LogP contribution in [0.4, 0.5) is 4.39 Å². The van der Waals surface area contributed by atoms with E-state index in [1.807, 2.05) is 0 Å². The molecular weight excluding hydrogens is 171 g/mol. The minimum absolute atomic E-state index is 0.251. The van der Waals surface area contributed by atoms with Gasteiger partial charge in [-0.05, 0) is 17.7 Å². The molecule has 0 aliphatic carbocycles. The third-order valence-electron chi connectivity index (χ3n) is 1.92. The Kier molecular flexibility index (Phi) is 3.36. The molecule has 13 heavy (non-hydrogen) atoms. The molecule has 1 aromatic rings. The fourth-order valence-electron chi connectivity index (χ4n) is 1.08. The molecule has 0 aliphatic heterocycles. The van der Waals surface area contributed by atoms with Crippen LogP contribution in [0, 0.1) is 5.82 Å². The number of aliphatic hydroxyl groups excluding tert-OH is 1. The van der Waals surface area contributed by atoms with E-state index in [2.05, 4.69) is 0 Å². The van der Waals surface area contributed by atoms with Gasteiger partial charge in [-0.2, -0.15) is 0 Å². The van der Waals surface area contributed by atoms with Crippen molar-refractivity contribution in [2.45, 2.75) is 12.6 Å². The topological polar surface area (TPSA) is 72.3 Å². The Morgan fingerprint density at radius 2 is 2.15 bits per heavy atom. The third kappa shape index (κ3) is 2.24. The fraction of sp³-hybridized carbons (Fsp3) is 0.333. The Morgan fingerprint density at radius 3 is 2.69 bits per heavy atom. The van der Waals surface area contributed by atoms with Gasteiger partial charge in [-0.1, -0.05) is 6.07 Å². The summed E-state index contributed by atoms with van der Waals surface area (Å²) in [6.07, 6.45) is 0. The summed E-state index contributed by atoms with van der Waals surface area (Å²) >= 11 is 0. The van der Waals surface area contributed by atoms with Crippen molar-refractivity contribution in [2.75, 3.05) is 6.54 Å². The van der Waals surface area contributed by atoms with E-state index in [9.17, 15) is 4.39 Å². The highest BCUT2D eigenvalue weighted by Gasteiger charge is 2.07. The number of hydrogen-bond donors (Lipinski definition) is 3. The first-order valence-corrected chi connectivity index (χ1v) is 4.04. The Bertz CT molecular complexity index is 291. The van der Waals surface area contributed by atoms with Gasteiger partial charge in [0.25, 0.3) is 0 Å². The lowest BCUT2D eigenvalue weighted by atomic mass is 10.0. The molecule has 4 heteroatoms. The summed E-state index contributed by atoms with van der Waals surface area (Å²) < 4.78 is 12.9. The van der Waals surface area contributed by atoms with Crippen LogP contribution in [-0.4, -0.2) is 11.7 Å². The third-order valence-corrected chi connectivity index (χ3v) is 1.92. The van der Waals surface area contributed by atoms with Crippen LogP contribution in [0.25, 0.3) is 0 Å². The maximum atomic E-state index is 12.9. The molecule has 0 saturated carbocycles. The Hall–Kier alpha value is -0.970. The van der Waals surface area contributed by atoms with Crippen LogP contribution >= 0.6 is 0 Å². The second-order valence-corrected chi connectivity index (χ2v) is 2.85. The van der Waals surface area contributed by atoms with E-state index in [0.29, 0.717) is 6.54 Å². The second kappa shape index (κ2) is 4.32. The van der Waals surface area contributed by atoms with Crippen LogP contribution in [0.5, 0.6) is 0 Å². The molecule has 5 N–H and O–H groups in total. The highest BCUT2D eigenvalue weighted by molar-refractivity contribution is 5.27. The van der Waals surface area contributed by atoms with E-state index in [-0.39, 0.29) is 18.2 Å². The summed E-state index contributed by atoms with van der Waals surface area (Å²) in [5, 5.41) is 8.79. The first-order valence-electron chi connectivity index (χ1n) is 4.04. The zero-order valence-electron chi connectivity index (χ0n) is 7.20. The van der Waals surface area contributed by atoms with Crippen molar-refractivity contribution in [2.24, 2.45) is 11.5 Å². The van der Waals surface area contributed by atoms with Crippen molar-refractivity contribution in [1.82, 2.24) is 0 Å². The van der Waals surface area contributed by atoms with Crippen molar-refractivity contribution in [3.8, 4) is 0 Å². The largest absolute Gasteiger partial charge is 0.392 e. The molecule has 0 unspecified atom stereocenters. The van der Waals surface area contributed by atoms with Crippen LogP contribution in [0.2, 0.25) is 0 Å². The molecule has 0 saturated heterocycles.